The van der Waals surface area contributed by atoms with Crippen molar-refractivity contribution in [3.05, 3.63) is 65.2 Å². The summed E-state index contributed by atoms with van der Waals surface area (Å²) in [5.41, 5.74) is 3.14. The average molecular weight is 430 g/mol. The first-order valence-corrected chi connectivity index (χ1v) is 11.6. The van der Waals surface area contributed by atoms with Gasteiger partial charge in [0.1, 0.15) is 0 Å². The molecule has 0 saturated carbocycles. The summed E-state index contributed by atoms with van der Waals surface area (Å²) in [4.78, 5) is 6.77. The molecule has 2 aromatic carbocycles. The van der Waals surface area contributed by atoms with E-state index in [-0.39, 0.29) is 0 Å². The number of sulfonamides is 1. The topological polar surface area (TPSA) is 77.0 Å². The van der Waals surface area contributed by atoms with Crippen LogP contribution in [0.1, 0.15) is 16.7 Å². The van der Waals surface area contributed by atoms with Crippen molar-refractivity contribution in [2.45, 2.75) is 24.9 Å². The number of nitrogens with one attached hydrogen (secondary N) is 2. The van der Waals surface area contributed by atoms with E-state index in [4.69, 9.17) is 0 Å². The van der Waals surface area contributed by atoms with Crippen LogP contribution < -0.4 is 10.6 Å². The minimum atomic E-state index is -3.53. The lowest BCUT2D eigenvalue weighted by atomic mass is 10.1. The summed E-state index contributed by atoms with van der Waals surface area (Å²) >= 11 is 0. The van der Waals surface area contributed by atoms with Crippen LogP contribution in [0.5, 0.6) is 0 Å². The quantitative estimate of drug-likeness (QED) is 0.541. The van der Waals surface area contributed by atoms with E-state index in [1.807, 2.05) is 31.3 Å². The summed E-state index contributed by atoms with van der Waals surface area (Å²) in [6.45, 7) is 5.61. The molecule has 162 valence electrons. The highest BCUT2D eigenvalue weighted by atomic mass is 32.2. The Morgan fingerprint density at radius 1 is 0.933 bits per heavy atom. The smallest absolute Gasteiger partial charge is 0.243 e. The van der Waals surface area contributed by atoms with Crippen molar-refractivity contribution >= 4 is 16.0 Å². The molecular formula is C22H31N5O2S. The molecule has 2 aromatic rings. The summed E-state index contributed by atoms with van der Waals surface area (Å²) in [5, 5.41) is 6.54. The van der Waals surface area contributed by atoms with Crippen LogP contribution in [0.4, 0.5) is 0 Å². The molecule has 0 spiro atoms. The molecule has 1 aliphatic heterocycles. The zero-order valence-corrected chi connectivity index (χ0v) is 18.7. The second-order valence-electron chi connectivity index (χ2n) is 7.52. The van der Waals surface area contributed by atoms with E-state index < -0.39 is 10.0 Å². The summed E-state index contributed by atoms with van der Waals surface area (Å²) in [6, 6.07) is 15.4. The Labute approximate surface area is 179 Å². The first kappa shape index (κ1) is 22.3. The maximum Gasteiger partial charge on any atom is 0.243 e. The third-order valence-electron chi connectivity index (χ3n) is 5.43. The molecule has 1 saturated heterocycles. The van der Waals surface area contributed by atoms with Crippen molar-refractivity contribution in [2.75, 3.05) is 40.3 Å². The lowest BCUT2D eigenvalue weighted by molar-refractivity contribution is 0.222. The van der Waals surface area contributed by atoms with Gasteiger partial charge in [0.2, 0.25) is 10.0 Å². The molecule has 3 rings (SSSR count). The van der Waals surface area contributed by atoms with Crippen molar-refractivity contribution in [1.82, 2.24) is 19.8 Å². The van der Waals surface area contributed by atoms with E-state index >= 15 is 0 Å². The highest BCUT2D eigenvalue weighted by Gasteiger charge is 2.29. The summed E-state index contributed by atoms with van der Waals surface area (Å²) < 4.78 is 28.0. The molecule has 30 heavy (non-hydrogen) atoms. The first-order valence-electron chi connectivity index (χ1n) is 10.2. The number of benzene rings is 2. The molecule has 0 radical (unpaired) electrons. The molecule has 0 amide bonds. The van der Waals surface area contributed by atoms with Crippen molar-refractivity contribution in [2.24, 2.45) is 4.99 Å². The second-order valence-corrected chi connectivity index (χ2v) is 9.43. The number of aliphatic imine (C=N–C) groups is 1. The van der Waals surface area contributed by atoms with Crippen LogP contribution in [-0.4, -0.2) is 63.9 Å². The van der Waals surface area contributed by atoms with Crippen LogP contribution in [0.15, 0.2) is 58.4 Å². The Kier molecular flexibility index (Phi) is 7.47. The van der Waals surface area contributed by atoms with Gasteiger partial charge in [-0.15, -0.1) is 0 Å². The largest absolute Gasteiger partial charge is 0.352 e. The van der Waals surface area contributed by atoms with Crippen molar-refractivity contribution in [3.8, 4) is 0 Å². The molecule has 0 atom stereocenters. The Bertz CT molecular complexity index is 983. The van der Waals surface area contributed by atoms with Crippen LogP contribution in [0, 0.1) is 6.92 Å². The predicted molar refractivity (Wildman–Crippen MR) is 121 cm³/mol. The number of piperazine rings is 1. The van der Waals surface area contributed by atoms with Crippen molar-refractivity contribution in [3.63, 3.8) is 0 Å². The fourth-order valence-corrected chi connectivity index (χ4v) is 5.10. The number of hydrogen-bond acceptors (Lipinski definition) is 4. The minimum absolute atomic E-state index is 0.358. The summed E-state index contributed by atoms with van der Waals surface area (Å²) in [7, 11) is 0.194. The number of guanidine groups is 1. The van der Waals surface area contributed by atoms with Gasteiger partial charge in [0.05, 0.1) is 4.90 Å². The van der Waals surface area contributed by atoms with Crippen LogP contribution >= 0.6 is 0 Å². The van der Waals surface area contributed by atoms with E-state index in [9.17, 15) is 8.42 Å². The van der Waals surface area contributed by atoms with Gasteiger partial charge in [-0.25, -0.2) is 8.42 Å². The monoisotopic (exact) mass is 429 g/mol. The molecule has 0 unspecified atom stereocenters. The van der Waals surface area contributed by atoms with Gasteiger partial charge in [0, 0.05) is 46.3 Å². The third kappa shape index (κ3) is 5.38. The maximum absolute atomic E-state index is 13.2. The molecular weight excluding hydrogens is 398 g/mol. The fourth-order valence-electron chi connectivity index (χ4n) is 3.46. The van der Waals surface area contributed by atoms with Gasteiger partial charge in [-0.1, -0.05) is 42.5 Å². The molecule has 0 aliphatic carbocycles. The highest BCUT2D eigenvalue weighted by molar-refractivity contribution is 7.89. The molecule has 0 aromatic heterocycles. The van der Waals surface area contributed by atoms with Crippen LogP contribution in [0.3, 0.4) is 0 Å². The van der Waals surface area contributed by atoms with E-state index in [2.05, 4.69) is 39.6 Å². The first-order chi connectivity index (χ1) is 14.4. The van der Waals surface area contributed by atoms with Gasteiger partial charge in [-0.3, -0.25) is 4.99 Å². The molecule has 1 heterocycles. The summed E-state index contributed by atoms with van der Waals surface area (Å²) in [6.07, 6.45) is 0. The van der Waals surface area contributed by atoms with Gasteiger partial charge in [0.15, 0.2) is 5.96 Å². The van der Waals surface area contributed by atoms with Gasteiger partial charge in [-0.05, 0) is 36.7 Å². The number of rotatable bonds is 6. The van der Waals surface area contributed by atoms with Crippen molar-refractivity contribution < 1.29 is 8.42 Å². The zero-order chi connectivity index (χ0) is 21.6. The lowest BCUT2D eigenvalue weighted by Crippen LogP contribution is -2.47. The second kappa shape index (κ2) is 10.1. The number of nitrogens with zero attached hydrogens (tertiary/aromatic N) is 3. The normalized spacial score (nSPS) is 16.4. The van der Waals surface area contributed by atoms with E-state index in [1.165, 1.54) is 11.1 Å². The molecule has 1 aliphatic rings. The van der Waals surface area contributed by atoms with Gasteiger partial charge in [-0.2, -0.15) is 4.31 Å². The molecule has 2 N–H and O–H groups in total. The van der Waals surface area contributed by atoms with Crippen LogP contribution in [0.25, 0.3) is 0 Å². The number of hydrogen-bond donors (Lipinski definition) is 2. The molecule has 8 heteroatoms. The predicted octanol–water partition coefficient (Wildman–Crippen LogP) is 1.80. The number of likely N-dealkylation sites (N-methyl/N-ethyl adjacent to an activating group) is 1. The molecule has 7 nitrogen and oxygen atoms in total. The average Bonchev–Trinajstić information content (AvgIpc) is 2.75. The number of aryl methyl sites for hydroxylation is 1. The summed E-state index contributed by atoms with van der Waals surface area (Å²) in [5.74, 6) is 0.630. The Morgan fingerprint density at radius 3 is 2.13 bits per heavy atom. The molecule has 1 fully saturated rings. The highest BCUT2D eigenvalue weighted by Crippen LogP contribution is 2.21. The third-order valence-corrected chi connectivity index (χ3v) is 7.43. The van der Waals surface area contributed by atoms with Crippen LogP contribution in [-0.2, 0) is 23.1 Å². The SMILES string of the molecule is CN=C(NCc1ccccc1C)NCc1ccccc1S(=O)(=O)N1CCN(C)CC1. The van der Waals surface area contributed by atoms with Gasteiger partial charge >= 0.3 is 0 Å². The standard InChI is InChI=1S/C22H31N5O2S/c1-18-8-4-5-9-19(18)16-24-22(23-2)25-17-20-10-6-7-11-21(20)30(28,29)27-14-12-26(3)13-15-27/h4-11H,12-17H2,1-3H3,(H2,23,24,25). The fraction of sp³-hybridized carbons (Fsp3) is 0.409. The molecule has 0 bridgehead atoms. The van der Waals surface area contributed by atoms with Crippen LogP contribution in [0.2, 0.25) is 0 Å². The maximum atomic E-state index is 13.2. The van der Waals surface area contributed by atoms with E-state index in [0.717, 1.165) is 18.7 Å². The Balaban J connectivity index is 1.67. The van der Waals surface area contributed by atoms with E-state index in [1.54, 1.807) is 23.5 Å². The Morgan fingerprint density at radius 2 is 1.50 bits per heavy atom. The van der Waals surface area contributed by atoms with Gasteiger partial charge in [0.25, 0.3) is 0 Å². The Hall–Kier alpha value is -2.42. The lowest BCUT2D eigenvalue weighted by Gasteiger charge is -2.32. The zero-order valence-electron chi connectivity index (χ0n) is 17.9. The minimum Gasteiger partial charge on any atom is -0.352 e. The van der Waals surface area contributed by atoms with E-state index in [0.29, 0.717) is 37.0 Å². The van der Waals surface area contributed by atoms with Crippen molar-refractivity contribution in [1.29, 1.82) is 0 Å². The van der Waals surface area contributed by atoms with Gasteiger partial charge < -0.3 is 15.5 Å².